The first-order chi connectivity index (χ1) is 13.7. The largest absolute Gasteiger partial charge is 0.387 e. The monoisotopic (exact) mass is 370 g/mol. The van der Waals surface area contributed by atoms with Crippen LogP contribution < -0.4 is 5.73 Å². The molecule has 0 spiro atoms. The molecule has 8 nitrogen and oxygen atoms in total. The van der Waals surface area contributed by atoms with Crippen molar-refractivity contribution in [1.29, 1.82) is 5.26 Å². The molecule has 3 aromatic heterocycles. The summed E-state index contributed by atoms with van der Waals surface area (Å²) in [6.45, 7) is 1.74. The number of hydrogen-bond acceptors (Lipinski definition) is 5. The summed E-state index contributed by atoms with van der Waals surface area (Å²) in [6, 6.07) is 11.6. The van der Waals surface area contributed by atoms with Gasteiger partial charge in [0, 0.05) is 23.3 Å². The van der Waals surface area contributed by atoms with Gasteiger partial charge < -0.3 is 10.7 Å². The number of amidine groups is 1. The van der Waals surface area contributed by atoms with E-state index in [0.29, 0.717) is 5.84 Å². The summed E-state index contributed by atoms with van der Waals surface area (Å²) >= 11 is 0. The van der Waals surface area contributed by atoms with Gasteiger partial charge in [-0.2, -0.15) is 10.4 Å². The molecule has 4 rings (SSSR count). The lowest BCUT2D eigenvalue weighted by Crippen LogP contribution is -2.10. The van der Waals surface area contributed by atoms with Crippen LogP contribution in [0.3, 0.4) is 0 Å². The van der Waals surface area contributed by atoms with Gasteiger partial charge in [0.2, 0.25) is 0 Å². The van der Waals surface area contributed by atoms with Crippen molar-refractivity contribution in [2.45, 2.75) is 19.4 Å². The van der Waals surface area contributed by atoms with Gasteiger partial charge in [-0.1, -0.05) is 12.1 Å². The molecule has 0 radical (unpaired) electrons. The molecule has 28 heavy (non-hydrogen) atoms. The van der Waals surface area contributed by atoms with Crippen molar-refractivity contribution in [3.05, 3.63) is 60.8 Å². The second kappa shape index (κ2) is 7.32. The highest BCUT2D eigenvalue weighted by atomic mass is 15.3. The summed E-state index contributed by atoms with van der Waals surface area (Å²) in [4.78, 5) is 16.0. The van der Waals surface area contributed by atoms with Crippen molar-refractivity contribution in [3.63, 3.8) is 0 Å². The van der Waals surface area contributed by atoms with E-state index < -0.39 is 0 Å². The van der Waals surface area contributed by atoms with Crippen LogP contribution in [0.25, 0.3) is 22.3 Å². The Bertz CT molecular complexity index is 1190. The Balaban J connectivity index is 1.74. The quantitative estimate of drug-likeness (QED) is 0.412. The third-order valence-electron chi connectivity index (χ3n) is 4.39. The Morgan fingerprint density at radius 3 is 3.07 bits per heavy atom. The predicted molar refractivity (Wildman–Crippen MR) is 107 cm³/mol. The number of nitrogens with one attached hydrogen (secondary N) is 1. The average Bonchev–Trinajstić information content (AvgIpc) is 3.35. The number of H-pyrrole nitrogens is 1. The molecule has 1 atom stereocenters. The number of hydrogen-bond donors (Lipinski definition) is 2. The number of benzene rings is 1. The fraction of sp³-hybridized carbons (Fsp3) is 0.150. The van der Waals surface area contributed by atoms with Crippen LogP contribution in [0.2, 0.25) is 0 Å². The molecule has 0 saturated carbocycles. The van der Waals surface area contributed by atoms with E-state index in [2.05, 4.69) is 31.1 Å². The minimum atomic E-state index is -0.240. The van der Waals surface area contributed by atoms with Gasteiger partial charge in [-0.25, -0.2) is 15.0 Å². The molecule has 8 heteroatoms. The van der Waals surface area contributed by atoms with Crippen molar-refractivity contribution in [1.82, 2.24) is 24.7 Å². The summed E-state index contributed by atoms with van der Waals surface area (Å²) in [7, 11) is 0. The maximum Gasteiger partial charge on any atom is 0.141 e. The first-order valence-corrected chi connectivity index (χ1v) is 8.76. The van der Waals surface area contributed by atoms with E-state index in [1.54, 1.807) is 17.8 Å². The van der Waals surface area contributed by atoms with Gasteiger partial charge in [-0.05, 0) is 30.7 Å². The second-order valence-electron chi connectivity index (χ2n) is 6.40. The van der Waals surface area contributed by atoms with Gasteiger partial charge in [-0.3, -0.25) is 4.68 Å². The maximum atomic E-state index is 9.35. The van der Waals surface area contributed by atoms with Gasteiger partial charge in [0.15, 0.2) is 0 Å². The number of rotatable bonds is 5. The van der Waals surface area contributed by atoms with Crippen LogP contribution in [-0.2, 0) is 0 Å². The van der Waals surface area contributed by atoms with E-state index in [1.165, 1.54) is 6.33 Å². The van der Waals surface area contributed by atoms with Crippen molar-refractivity contribution < 1.29 is 0 Å². The van der Waals surface area contributed by atoms with Crippen LogP contribution in [0.1, 0.15) is 24.9 Å². The molecule has 3 heterocycles. The molecule has 0 fully saturated rings. The Kier molecular flexibility index (Phi) is 4.56. The highest BCUT2D eigenvalue weighted by Gasteiger charge is 2.17. The zero-order chi connectivity index (χ0) is 19.5. The van der Waals surface area contributed by atoms with Crippen LogP contribution in [-0.4, -0.2) is 30.6 Å². The van der Waals surface area contributed by atoms with Crippen LogP contribution in [0.4, 0.5) is 5.69 Å². The number of fused-ring (bicyclic) bond motifs is 1. The lowest BCUT2D eigenvalue weighted by Gasteiger charge is -2.15. The molecule has 138 valence electrons. The van der Waals surface area contributed by atoms with Crippen molar-refractivity contribution >= 4 is 22.6 Å². The summed E-state index contributed by atoms with van der Waals surface area (Å²) in [6.07, 6.45) is 7.29. The molecular weight excluding hydrogens is 352 g/mol. The average molecular weight is 370 g/mol. The van der Waals surface area contributed by atoms with E-state index in [9.17, 15) is 5.26 Å². The minimum absolute atomic E-state index is 0.240. The molecule has 0 amide bonds. The third-order valence-corrected chi connectivity index (χ3v) is 4.39. The Morgan fingerprint density at radius 1 is 1.36 bits per heavy atom. The summed E-state index contributed by atoms with van der Waals surface area (Å²) in [5, 5.41) is 14.8. The van der Waals surface area contributed by atoms with Crippen LogP contribution in [0.5, 0.6) is 0 Å². The SMILES string of the molecule is CC(N)=Nc1cccc(C(CC#N)n2cc(-c3ncnc4[nH]ccc34)cn2)c1. The number of aliphatic imine (C=N–C) groups is 1. The van der Waals surface area contributed by atoms with Gasteiger partial charge >= 0.3 is 0 Å². The van der Waals surface area contributed by atoms with Gasteiger partial charge in [0.25, 0.3) is 0 Å². The van der Waals surface area contributed by atoms with Gasteiger partial charge in [0.05, 0.1) is 41.9 Å². The number of nitriles is 1. The first kappa shape index (κ1) is 17.4. The molecule has 3 N–H and O–H groups in total. The Hall–Kier alpha value is -3.99. The molecule has 0 aliphatic carbocycles. The van der Waals surface area contributed by atoms with E-state index in [-0.39, 0.29) is 12.5 Å². The number of nitrogens with zero attached hydrogens (tertiary/aromatic N) is 6. The van der Waals surface area contributed by atoms with Crippen LogP contribution in [0.15, 0.2) is 60.2 Å². The van der Waals surface area contributed by atoms with Crippen LogP contribution >= 0.6 is 0 Å². The fourth-order valence-corrected chi connectivity index (χ4v) is 3.19. The number of nitrogens with two attached hydrogens (primary N) is 1. The minimum Gasteiger partial charge on any atom is -0.387 e. The number of aromatic nitrogens is 5. The summed E-state index contributed by atoms with van der Waals surface area (Å²) in [5.74, 6) is 0.481. The van der Waals surface area contributed by atoms with Crippen molar-refractivity contribution in [2.75, 3.05) is 0 Å². The smallest absolute Gasteiger partial charge is 0.141 e. The van der Waals surface area contributed by atoms with Crippen molar-refractivity contribution in [3.8, 4) is 17.3 Å². The van der Waals surface area contributed by atoms with E-state index in [4.69, 9.17) is 5.73 Å². The maximum absolute atomic E-state index is 9.35. The predicted octanol–water partition coefficient (Wildman–Crippen LogP) is 3.33. The lowest BCUT2D eigenvalue weighted by molar-refractivity contribution is 0.532. The second-order valence-corrected chi connectivity index (χ2v) is 6.40. The van der Waals surface area contributed by atoms with E-state index >= 15 is 0 Å². The zero-order valence-corrected chi connectivity index (χ0v) is 15.2. The van der Waals surface area contributed by atoms with Crippen LogP contribution in [0, 0.1) is 11.3 Å². The van der Waals surface area contributed by atoms with E-state index in [1.807, 2.05) is 42.7 Å². The lowest BCUT2D eigenvalue weighted by atomic mass is 10.0. The fourth-order valence-electron chi connectivity index (χ4n) is 3.19. The van der Waals surface area contributed by atoms with E-state index in [0.717, 1.165) is 33.5 Å². The molecular formula is C20H18N8. The molecule has 4 aromatic rings. The summed E-state index contributed by atoms with van der Waals surface area (Å²) in [5.41, 5.74) is 9.81. The first-order valence-electron chi connectivity index (χ1n) is 8.76. The van der Waals surface area contributed by atoms with Crippen molar-refractivity contribution in [2.24, 2.45) is 10.7 Å². The summed E-state index contributed by atoms with van der Waals surface area (Å²) < 4.78 is 1.79. The zero-order valence-electron chi connectivity index (χ0n) is 15.2. The molecule has 0 aliphatic heterocycles. The highest BCUT2D eigenvalue weighted by Crippen LogP contribution is 2.29. The Labute approximate surface area is 161 Å². The molecule has 1 unspecified atom stereocenters. The highest BCUT2D eigenvalue weighted by molar-refractivity contribution is 5.90. The molecule has 0 aliphatic rings. The third kappa shape index (κ3) is 3.33. The normalized spacial score (nSPS) is 12.8. The Morgan fingerprint density at radius 2 is 2.25 bits per heavy atom. The van der Waals surface area contributed by atoms with Gasteiger partial charge in [0.1, 0.15) is 12.0 Å². The number of aromatic amines is 1. The molecule has 0 saturated heterocycles. The van der Waals surface area contributed by atoms with Gasteiger partial charge in [-0.15, -0.1) is 0 Å². The molecule has 1 aromatic carbocycles. The molecule has 0 bridgehead atoms. The topological polar surface area (TPSA) is 122 Å². The standard InChI is InChI=1S/C20H18N8/c1-13(22)27-16-4-2-3-14(9-16)18(5-7-21)28-11-15(10-26-28)19-17-6-8-23-20(17)25-12-24-19/h2-4,6,8-12,18H,5H2,1H3,(H2,22,27)(H,23,24,25).